The Morgan fingerprint density at radius 3 is 2.81 bits per heavy atom. The first-order valence-electron chi connectivity index (χ1n) is 7.89. The SMILES string of the molecule is CCCN(Cc1ccc(-n2ccnc2)cc1)C1CCNC1. The molecule has 112 valence electrons. The number of benzene rings is 1. The van der Waals surface area contributed by atoms with E-state index in [1.165, 1.54) is 30.6 Å². The van der Waals surface area contributed by atoms with E-state index in [0.717, 1.165) is 19.6 Å². The summed E-state index contributed by atoms with van der Waals surface area (Å²) in [5.41, 5.74) is 2.56. The highest BCUT2D eigenvalue weighted by Gasteiger charge is 2.21. The molecule has 0 radical (unpaired) electrons. The molecule has 4 nitrogen and oxygen atoms in total. The second kappa shape index (κ2) is 6.87. The van der Waals surface area contributed by atoms with E-state index in [9.17, 15) is 0 Å². The van der Waals surface area contributed by atoms with Crippen LogP contribution >= 0.6 is 0 Å². The van der Waals surface area contributed by atoms with Crippen LogP contribution in [0.5, 0.6) is 0 Å². The zero-order chi connectivity index (χ0) is 14.5. The van der Waals surface area contributed by atoms with Crippen molar-refractivity contribution in [1.29, 1.82) is 0 Å². The van der Waals surface area contributed by atoms with Crippen molar-refractivity contribution in [3.05, 3.63) is 48.5 Å². The summed E-state index contributed by atoms with van der Waals surface area (Å²) in [6.45, 7) is 6.77. The predicted octanol–water partition coefficient (Wildman–Crippen LogP) is 2.45. The summed E-state index contributed by atoms with van der Waals surface area (Å²) in [7, 11) is 0. The Labute approximate surface area is 126 Å². The maximum atomic E-state index is 4.09. The maximum Gasteiger partial charge on any atom is 0.0991 e. The molecule has 0 spiro atoms. The lowest BCUT2D eigenvalue weighted by Crippen LogP contribution is -2.36. The van der Waals surface area contributed by atoms with E-state index in [4.69, 9.17) is 0 Å². The monoisotopic (exact) mass is 284 g/mol. The van der Waals surface area contributed by atoms with E-state index in [2.05, 4.69) is 46.4 Å². The normalized spacial score (nSPS) is 18.5. The molecule has 1 aliphatic rings. The molecule has 0 amide bonds. The molecule has 1 unspecified atom stereocenters. The zero-order valence-electron chi connectivity index (χ0n) is 12.7. The van der Waals surface area contributed by atoms with Gasteiger partial charge in [-0.05, 0) is 43.6 Å². The molecule has 3 rings (SSSR count). The van der Waals surface area contributed by atoms with Gasteiger partial charge in [-0.3, -0.25) is 4.90 Å². The maximum absolute atomic E-state index is 4.09. The van der Waals surface area contributed by atoms with Crippen molar-refractivity contribution in [3.8, 4) is 5.69 Å². The van der Waals surface area contributed by atoms with Crippen molar-refractivity contribution in [3.63, 3.8) is 0 Å². The van der Waals surface area contributed by atoms with Crippen molar-refractivity contribution < 1.29 is 0 Å². The summed E-state index contributed by atoms with van der Waals surface area (Å²) in [4.78, 5) is 6.71. The third kappa shape index (κ3) is 3.52. The van der Waals surface area contributed by atoms with Crippen molar-refractivity contribution in [1.82, 2.24) is 19.8 Å². The molecule has 0 aliphatic carbocycles. The van der Waals surface area contributed by atoms with Gasteiger partial charge >= 0.3 is 0 Å². The summed E-state index contributed by atoms with van der Waals surface area (Å²) in [5.74, 6) is 0. The minimum Gasteiger partial charge on any atom is -0.315 e. The van der Waals surface area contributed by atoms with E-state index in [-0.39, 0.29) is 0 Å². The number of hydrogen-bond acceptors (Lipinski definition) is 3. The summed E-state index contributed by atoms with van der Waals surface area (Å²) in [6, 6.07) is 9.52. The molecule has 1 atom stereocenters. The highest BCUT2D eigenvalue weighted by molar-refractivity contribution is 5.34. The Bertz CT molecular complexity index is 526. The average Bonchev–Trinajstić information content (AvgIpc) is 3.21. The van der Waals surface area contributed by atoms with Gasteiger partial charge in [-0.2, -0.15) is 0 Å². The lowest BCUT2D eigenvalue weighted by atomic mass is 10.1. The fourth-order valence-corrected chi connectivity index (χ4v) is 3.05. The second-order valence-corrected chi connectivity index (χ2v) is 5.75. The lowest BCUT2D eigenvalue weighted by molar-refractivity contribution is 0.199. The van der Waals surface area contributed by atoms with Gasteiger partial charge in [0.15, 0.2) is 0 Å². The Hall–Kier alpha value is -1.65. The quantitative estimate of drug-likeness (QED) is 0.884. The highest BCUT2D eigenvalue weighted by Crippen LogP contribution is 2.16. The van der Waals surface area contributed by atoms with E-state index in [1.807, 2.05) is 23.3 Å². The van der Waals surface area contributed by atoms with Crippen LogP contribution in [0.25, 0.3) is 5.69 Å². The van der Waals surface area contributed by atoms with Gasteiger partial charge in [0.1, 0.15) is 0 Å². The van der Waals surface area contributed by atoms with Gasteiger partial charge in [0.25, 0.3) is 0 Å². The molecule has 2 heterocycles. The summed E-state index contributed by atoms with van der Waals surface area (Å²) in [5, 5.41) is 3.47. The third-order valence-electron chi connectivity index (χ3n) is 4.19. The fraction of sp³-hybridized carbons (Fsp3) is 0.471. The molecule has 1 aromatic heterocycles. The molecule has 1 aliphatic heterocycles. The topological polar surface area (TPSA) is 33.1 Å². The van der Waals surface area contributed by atoms with Gasteiger partial charge in [-0.25, -0.2) is 4.98 Å². The second-order valence-electron chi connectivity index (χ2n) is 5.75. The smallest absolute Gasteiger partial charge is 0.0991 e. The molecule has 2 aromatic rings. The van der Waals surface area contributed by atoms with Gasteiger partial charge in [-0.1, -0.05) is 19.1 Å². The summed E-state index contributed by atoms with van der Waals surface area (Å²) >= 11 is 0. The number of nitrogens with one attached hydrogen (secondary N) is 1. The molecule has 0 bridgehead atoms. The first kappa shape index (κ1) is 14.3. The number of hydrogen-bond donors (Lipinski definition) is 1. The van der Waals surface area contributed by atoms with Crippen LogP contribution < -0.4 is 5.32 Å². The average molecular weight is 284 g/mol. The Morgan fingerprint density at radius 1 is 1.33 bits per heavy atom. The van der Waals surface area contributed by atoms with Crippen molar-refractivity contribution in [2.24, 2.45) is 0 Å². The largest absolute Gasteiger partial charge is 0.315 e. The van der Waals surface area contributed by atoms with Crippen LogP contribution in [0.4, 0.5) is 0 Å². The molecule has 21 heavy (non-hydrogen) atoms. The minimum atomic E-state index is 0.693. The lowest BCUT2D eigenvalue weighted by Gasteiger charge is -2.28. The highest BCUT2D eigenvalue weighted by atomic mass is 15.2. The number of imidazole rings is 1. The predicted molar refractivity (Wildman–Crippen MR) is 85.5 cm³/mol. The standard InChI is InChI=1S/C17H24N4/c1-2-10-20(17-7-8-18-12-17)13-15-3-5-16(6-4-15)21-11-9-19-14-21/h3-6,9,11,14,17-18H,2,7-8,10,12-13H2,1H3. The van der Waals surface area contributed by atoms with Crippen LogP contribution in [0.15, 0.2) is 43.0 Å². The van der Waals surface area contributed by atoms with Gasteiger partial charge < -0.3 is 9.88 Å². The van der Waals surface area contributed by atoms with E-state index >= 15 is 0 Å². The number of rotatable bonds is 6. The zero-order valence-corrected chi connectivity index (χ0v) is 12.7. The van der Waals surface area contributed by atoms with Gasteiger partial charge in [-0.15, -0.1) is 0 Å². The molecular weight excluding hydrogens is 260 g/mol. The molecule has 1 fully saturated rings. The molecule has 4 heteroatoms. The van der Waals surface area contributed by atoms with Crippen LogP contribution in [-0.2, 0) is 6.54 Å². The Balaban J connectivity index is 1.68. The number of aromatic nitrogens is 2. The van der Waals surface area contributed by atoms with Crippen LogP contribution in [0.1, 0.15) is 25.3 Å². The van der Waals surface area contributed by atoms with Gasteiger partial charge in [0.05, 0.1) is 6.33 Å². The minimum absolute atomic E-state index is 0.693. The Morgan fingerprint density at radius 2 is 2.19 bits per heavy atom. The van der Waals surface area contributed by atoms with Gasteiger partial charge in [0.2, 0.25) is 0 Å². The summed E-state index contributed by atoms with van der Waals surface area (Å²) in [6.07, 6.45) is 8.10. The Kier molecular flexibility index (Phi) is 4.68. The third-order valence-corrected chi connectivity index (χ3v) is 4.19. The first-order chi connectivity index (χ1) is 10.4. The molecule has 1 saturated heterocycles. The van der Waals surface area contributed by atoms with Crippen LogP contribution in [0.2, 0.25) is 0 Å². The number of nitrogens with zero attached hydrogens (tertiary/aromatic N) is 3. The molecular formula is C17H24N4. The van der Waals surface area contributed by atoms with Crippen LogP contribution in [0, 0.1) is 0 Å². The first-order valence-corrected chi connectivity index (χ1v) is 7.89. The van der Waals surface area contributed by atoms with Crippen molar-refractivity contribution in [2.75, 3.05) is 19.6 Å². The van der Waals surface area contributed by atoms with E-state index in [0.29, 0.717) is 6.04 Å². The van der Waals surface area contributed by atoms with Crippen LogP contribution in [-0.4, -0.2) is 40.1 Å². The molecule has 1 N–H and O–H groups in total. The molecule has 0 saturated carbocycles. The van der Waals surface area contributed by atoms with Crippen molar-refractivity contribution >= 4 is 0 Å². The fourth-order valence-electron chi connectivity index (χ4n) is 3.05. The van der Waals surface area contributed by atoms with Crippen molar-refractivity contribution in [2.45, 2.75) is 32.4 Å². The van der Waals surface area contributed by atoms with Gasteiger partial charge in [0, 0.05) is 37.2 Å². The van der Waals surface area contributed by atoms with E-state index < -0.39 is 0 Å². The molecule has 1 aromatic carbocycles. The van der Waals surface area contributed by atoms with E-state index in [1.54, 1.807) is 0 Å². The summed E-state index contributed by atoms with van der Waals surface area (Å²) < 4.78 is 2.04. The van der Waals surface area contributed by atoms with Crippen LogP contribution in [0.3, 0.4) is 0 Å².